The molecule has 0 fully saturated rings. The molecule has 1 aromatic rings. The van der Waals surface area contributed by atoms with E-state index < -0.39 is 9.84 Å². The van der Waals surface area contributed by atoms with Gasteiger partial charge in [0.15, 0.2) is 9.84 Å². The first kappa shape index (κ1) is 14.3. The third-order valence-electron chi connectivity index (χ3n) is 3.56. The predicted octanol–water partition coefficient (Wildman–Crippen LogP) is 2.85. The summed E-state index contributed by atoms with van der Waals surface area (Å²) in [6.45, 7) is 2.12. The van der Waals surface area contributed by atoms with Crippen LogP contribution in [0.5, 0.6) is 0 Å². The number of benzene rings is 1. The van der Waals surface area contributed by atoms with Gasteiger partial charge >= 0.3 is 0 Å². The van der Waals surface area contributed by atoms with E-state index in [0.717, 1.165) is 18.4 Å². The Balaban J connectivity index is 2.03. The van der Waals surface area contributed by atoms with Crippen molar-refractivity contribution < 1.29 is 8.42 Å². The van der Waals surface area contributed by atoms with Crippen molar-refractivity contribution in [1.82, 2.24) is 5.32 Å². The molecule has 0 aromatic heterocycles. The Morgan fingerprint density at radius 1 is 1.21 bits per heavy atom. The molecule has 0 saturated heterocycles. The summed E-state index contributed by atoms with van der Waals surface area (Å²) in [5, 5.41) is 3.59. The number of rotatable bonds is 4. The lowest BCUT2D eigenvalue weighted by atomic mass is 9.99. The SMILES string of the molecule is CC(NC1CC=CCC1)c1ccc(S(C)(=O)=O)cc1. The molecule has 2 rings (SSSR count). The fourth-order valence-electron chi connectivity index (χ4n) is 2.40. The van der Waals surface area contributed by atoms with E-state index in [4.69, 9.17) is 0 Å². The molecule has 0 spiro atoms. The van der Waals surface area contributed by atoms with Crippen molar-refractivity contribution in [1.29, 1.82) is 0 Å². The molecule has 0 heterocycles. The maximum absolute atomic E-state index is 11.4. The molecule has 0 bridgehead atoms. The van der Waals surface area contributed by atoms with Gasteiger partial charge in [-0.05, 0) is 43.9 Å². The zero-order chi connectivity index (χ0) is 13.9. The van der Waals surface area contributed by atoms with Gasteiger partial charge in [-0.2, -0.15) is 0 Å². The zero-order valence-electron chi connectivity index (χ0n) is 11.5. The summed E-state index contributed by atoms with van der Waals surface area (Å²) in [6, 6.07) is 7.92. The molecule has 0 amide bonds. The van der Waals surface area contributed by atoms with Gasteiger partial charge in [0, 0.05) is 18.3 Å². The van der Waals surface area contributed by atoms with Gasteiger partial charge in [-0.25, -0.2) is 8.42 Å². The molecule has 0 aliphatic heterocycles. The Morgan fingerprint density at radius 3 is 2.42 bits per heavy atom. The summed E-state index contributed by atoms with van der Waals surface area (Å²) in [5.74, 6) is 0. The fourth-order valence-corrected chi connectivity index (χ4v) is 3.03. The Hall–Kier alpha value is -1.13. The standard InChI is InChI=1S/C15H21NO2S/c1-12(16-14-6-4-3-5-7-14)13-8-10-15(11-9-13)19(2,17)18/h3-4,8-12,14,16H,5-7H2,1-2H3. The van der Waals surface area contributed by atoms with Gasteiger partial charge in [0.05, 0.1) is 4.90 Å². The largest absolute Gasteiger partial charge is 0.307 e. The van der Waals surface area contributed by atoms with E-state index in [-0.39, 0.29) is 6.04 Å². The minimum atomic E-state index is -3.10. The van der Waals surface area contributed by atoms with Crippen LogP contribution in [0.1, 0.15) is 37.8 Å². The van der Waals surface area contributed by atoms with Crippen molar-refractivity contribution in [2.75, 3.05) is 6.26 Å². The van der Waals surface area contributed by atoms with E-state index in [1.54, 1.807) is 12.1 Å². The van der Waals surface area contributed by atoms with E-state index in [2.05, 4.69) is 24.4 Å². The third kappa shape index (κ3) is 3.91. The molecule has 2 atom stereocenters. The van der Waals surface area contributed by atoms with E-state index in [1.807, 2.05) is 12.1 Å². The molecule has 0 saturated carbocycles. The Kier molecular flexibility index (Phi) is 4.42. The first-order chi connectivity index (χ1) is 8.97. The molecule has 4 heteroatoms. The van der Waals surface area contributed by atoms with Crippen molar-refractivity contribution >= 4 is 9.84 Å². The predicted molar refractivity (Wildman–Crippen MR) is 77.9 cm³/mol. The van der Waals surface area contributed by atoms with Crippen LogP contribution in [0.3, 0.4) is 0 Å². The van der Waals surface area contributed by atoms with Crippen molar-refractivity contribution in [2.45, 2.75) is 43.2 Å². The van der Waals surface area contributed by atoms with Crippen LogP contribution in [-0.4, -0.2) is 20.7 Å². The lowest BCUT2D eigenvalue weighted by Crippen LogP contribution is -2.32. The van der Waals surface area contributed by atoms with Crippen LogP contribution >= 0.6 is 0 Å². The summed E-state index contributed by atoms with van der Waals surface area (Å²) in [7, 11) is -3.10. The van der Waals surface area contributed by atoms with Crippen LogP contribution in [0, 0.1) is 0 Å². The van der Waals surface area contributed by atoms with Crippen molar-refractivity contribution in [3.63, 3.8) is 0 Å². The van der Waals surface area contributed by atoms with Crippen LogP contribution in [-0.2, 0) is 9.84 Å². The molecule has 1 aliphatic carbocycles. The number of sulfone groups is 1. The highest BCUT2D eigenvalue weighted by atomic mass is 32.2. The second kappa shape index (κ2) is 5.88. The number of allylic oxidation sites excluding steroid dienone is 1. The Bertz CT molecular complexity index is 546. The number of nitrogens with one attached hydrogen (secondary N) is 1. The highest BCUT2D eigenvalue weighted by Crippen LogP contribution is 2.19. The van der Waals surface area contributed by atoms with Crippen molar-refractivity contribution in [3.05, 3.63) is 42.0 Å². The third-order valence-corrected chi connectivity index (χ3v) is 4.69. The van der Waals surface area contributed by atoms with Gasteiger partial charge in [0.25, 0.3) is 0 Å². The van der Waals surface area contributed by atoms with Crippen LogP contribution < -0.4 is 5.32 Å². The monoisotopic (exact) mass is 279 g/mol. The van der Waals surface area contributed by atoms with Crippen molar-refractivity contribution in [3.8, 4) is 0 Å². The normalized spacial score (nSPS) is 21.3. The average molecular weight is 279 g/mol. The maximum Gasteiger partial charge on any atom is 0.175 e. The lowest BCUT2D eigenvalue weighted by molar-refractivity contribution is 0.426. The number of hydrogen-bond donors (Lipinski definition) is 1. The Morgan fingerprint density at radius 2 is 1.89 bits per heavy atom. The van der Waals surface area contributed by atoms with Crippen LogP contribution in [0.15, 0.2) is 41.3 Å². The highest BCUT2D eigenvalue weighted by molar-refractivity contribution is 7.90. The van der Waals surface area contributed by atoms with E-state index in [9.17, 15) is 8.42 Å². The van der Waals surface area contributed by atoms with Crippen LogP contribution in [0.2, 0.25) is 0 Å². The molecule has 19 heavy (non-hydrogen) atoms. The van der Waals surface area contributed by atoms with Gasteiger partial charge in [-0.1, -0.05) is 24.3 Å². The minimum absolute atomic E-state index is 0.241. The lowest BCUT2D eigenvalue weighted by Gasteiger charge is -2.24. The minimum Gasteiger partial charge on any atom is -0.307 e. The molecule has 0 radical (unpaired) electrons. The van der Waals surface area contributed by atoms with Crippen LogP contribution in [0.25, 0.3) is 0 Å². The first-order valence-electron chi connectivity index (χ1n) is 6.68. The second-order valence-electron chi connectivity index (χ2n) is 5.21. The zero-order valence-corrected chi connectivity index (χ0v) is 12.3. The van der Waals surface area contributed by atoms with Gasteiger partial charge in [0.1, 0.15) is 0 Å². The van der Waals surface area contributed by atoms with E-state index in [1.165, 1.54) is 12.7 Å². The molecule has 1 N–H and O–H groups in total. The van der Waals surface area contributed by atoms with Gasteiger partial charge in [-0.3, -0.25) is 0 Å². The first-order valence-corrected chi connectivity index (χ1v) is 8.57. The van der Waals surface area contributed by atoms with E-state index >= 15 is 0 Å². The molecule has 3 nitrogen and oxygen atoms in total. The smallest absolute Gasteiger partial charge is 0.175 e. The number of hydrogen-bond acceptors (Lipinski definition) is 3. The quantitative estimate of drug-likeness (QED) is 0.862. The Labute approximate surface area is 115 Å². The molecule has 1 aromatic carbocycles. The summed E-state index contributed by atoms with van der Waals surface area (Å²) in [4.78, 5) is 0.379. The maximum atomic E-state index is 11.4. The fraction of sp³-hybridized carbons (Fsp3) is 0.467. The molecular weight excluding hydrogens is 258 g/mol. The summed E-state index contributed by atoms with van der Waals surface area (Å²) < 4.78 is 22.8. The average Bonchev–Trinajstić information content (AvgIpc) is 2.39. The molecular formula is C15H21NO2S. The van der Waals surface area contributed by atoms with Gasteiger partial charge in [-0.15, -0.1) is 0 Å². The topological polar surface area (TPSA) is 46.2 Å². The van der Waals surface area contributed by atoms with Crippen LogP contribution in [0.4, 0.5) is 0 Å². The molecule has 2 unspecified atom stereocenters. The second-order valence-corrected chi connectivity index (χ2v) is 7.23. The molecule has 1 aliphatic rings. The van der Waals surface area contributed by atoms with E-state index in [0.29, 0.717) is 10.9 Å². The summed E-state index contributed by atoms with van der Waals surface area (Å²) >= 11 is 0. The van der Waals surface area contributed by atoms with Gasteiger partial charge in [0.2, 0.25) is 0 Å². The highest BCUT2D eigenvalue weighted by Gasteiger charge is 2.14. The van der Waals surface area contributed by atoms with Gasteiger partial charge < -0.3 is 5.32 Å². The van der Waals surface area contributed by atoms with Crippen molar-refractivity contribution in [2.24, 2.45) is 0 Å². The molecule has 104 valence electrons. The summed E-state index contributed by atoms with van der Waals surface area (Å²) in [6.07, 6.45) is 9.06. The summed E-state index contributed by atoms with van der Waals surface area (Å²) in [5.41, 5.74) is 1.13.